The maximum atomic E-state index is 12.0. The highest BCUT2D eigenvalue weighted by Gasteiger charge is 2.27. The van der Waals surface area contributed by atoms with Gasteiger partial charge >= 0.3 is 0 Å². The standard InChI is InChI=1S/C12H17BrN2OS/c1-12(3-5-14-6-4-12)8-15-11(16)10-9(13)2-7-17-10/h2,7,14H,3-6,8H2,1H3,(H,15,16). The van der Waals surface area contributed by atoms with Gasteiger partial charge in [-0.2, -0.15) is 0 Å². The predicted octanol–water partition coefficient (Wildman–Crippen LogP) is 2.63. The van der Waals surface area contributed by atoms with Crippen LogP contribution in [0.2, 0.25) is 0 Å². The van der Waals surface area contributed by atoms with Crippen molar-refractivity contribution in [3.05, 3.63) is 20.8 Å². The zero-order valence-corrected chi connectivity index (χ0v) is 12.3. The number of hydrogen-bond donors (Lipinski definition) is 2. The van der Waals surface area contributed by atoms with Crippen molar-refractivity contribution < 1.29 is 4.79 Å². The summed E-state index contributed by atoms with van der Waals surface area (Å²) >= 11 is 4.86. The van der Waals surface area contributed by atoms with Gasteiger partial charge in [-0.15, -0.1) is 11.3 Å². The van der Waals surface area contributed by atoms with E-state index in [1.165, 1.54) is 11.3 Å². The van der Waals surface area contributed by atoms with E-state index >= 15 is 0 Å². The zero-order valence-electron chi connectivity index (χ0n) is 9.88. The Hall–Kier alpha value is -0.390. The number of carbonyl (C=O) groups is 1. The number of thiophene rings is 1. The highest BCUT2D eigenvalue weighted by atomic mass is 79.9. The fraction of sp³-hybridized carbons (Fsp3) is 0.583. The first-order valence-corrected chi connectivity index (χ1v) is 7.50. The third-order valence-corrected chi connectivity index (χ3v) is 5.15. The molecule has 0 aliphatic carbocycles. The number of amides is 1. The van der Waals surface area contributed by atoms with Crippen molar-refractivity contribution in [2.24, 2.45) is 5.41 Å². The van der Waals surface area contributed by atoms with Gasteiger partial charge in [0.15, 0.2) is 0 Å². The van der Waals surface area contributed by atoms with Crippen molar-refractivity contribution in [3.8, 4) is 0 Å². The average molecular weight is 317 g/mol. The predicted molar refractivity (Wildman–Crippen MR) is 74.6 cm³/mol. The normalized spacial score (nSPS) is 18.9. The topological polar surface area (TPSA) is 41.1 Å². The van der Waals surface area contributed by atoms with Gasteiger partial charge in [0.05, 0.1) is 0 Å². The molecule has 5 heteroatoms. The van der Waals surface area contributed by atoms with E-state index in [-0.39, 0.29) is 11.3 Å². The van der Waals surface area contributed by atoms with Crippen LogP contribution in [0.15, 0.2) is 15.9 Å². The van der Waals surface area contributed by atoms with Crippen LogP contribution in [0, 0.1) is 5.41 Å². The maximum Gasteiger partial charge on any atom is 0.262 e. The van der Waals surface area contributed by atoms with E-state index < -0.39 is 0 Å². The Morgan fingerprint density at radius 1 is 1.59 bits per heavy atom. The van der Waals surface area contributed by atoms with Gasteiger partial charge < -0.3 is 10.6 Å². The quantitative estimate of drug-likeness (QED) is 0.900. The molecule has 94 valence electrons. The lowest BCUT2D eigenvalue weighted by Crippen LogP contribution is -2.42. The minimum atomic E-state index is 0.0339. The van der Waals surface area contributed by atoms with Crippen molar-refractivity contribution in [1.82, 2.24) is 10.6 Å². The lowest BCUT2D eigenvalue weighted by Gasteiger charge is -2.34. The van der Waals surface area contributed by atoms with Crippen molar-refractivity contribution in [2.75, 3.05) is 19.6 Å². The molecule has 1 saturated heterocycles. The number of halogens is 1. The van der Waals surface area contributed by atoms with Crippen molar-refractivity contribution in [3.63, 3.8) is 0 Å². The first-order chi connectivity index (χ1) is 8.11. The minimum Gasteiger partial charge on any atom is -0.351 e. The third kappa shape index (κ3) is 3.30. The Kier molecular flexibility index (Phi) is 4.22. The highest BCUT2D eigenvalue weighted by Crippen LogP contribution is 2.27. The van der Waals surface area contributed by atoms with Crippen LogP contribution in [-0.4, -0.2) is 25.5 Å². The fourth-order valence-electron chi connectivity index (χ4n) is 2.04. The van der Waals surface area contributed by atoms with Crippen molar-refractivity contribution >= 4 is 33.2 Å². The molecule has 1 amide bonds. The summed E-state index contributed by atoms with van der Waals surface area (Å²) in [4.78, 5) is 12.7. The van der Waals surface area contributed by atoms with Gasteiger partial charge in [0, 0.05) is 11.0 Å². The van der Waals surface area contributed by atoms with E-state index in [1.807, 2.05) is 11.4 Å². The average Bonchev–Trinajstić information content (AvgIpc) is 2.74. The first-order valence-electron chi connectivity index (χ1n) is 5.83. The Morgan fingerprint density at radius 3 is 2.88 bits per heavy atom. The van der Waals surface area contributed by atoms with Crippen LogP contribution in [0.5, 0.6) is 0 Å². The van der Waals surface area contributed by atoms with Crippen LogP contribution in [0.4, 0.5) is 0 Å². The SMILES string of the molecule is CC1(CNC(=O)c2sccc2Br)CCNCC1. The molecule has 2 N–H and O–H groups in total. The van der Waals surface area contributed by atoms with Gasteiger partial charge in [0.25, 0.3) is 5.91 Å². The molecule has 3 nitrogen and oxygen atoms in total. The summed E-state index contributed by atoms with van der Waals surface area (Å²) in [6.45, 7) is 5.11. The third-order valence-electron chi connectivity index (χ3n) is 3.31. The van der Waals surface area contributed by atoms with Gasteiger partial charge in [-0.1, -0.05) is 6.92 Å². The lowest BCUT2D eigenvalue weighted by atomic mass is 9.81. The first kappa shape index (κ1) is 13.1. The van der Waals surface area contributed by atoms with E-state index in [0.717, 1.165) is 41.8 Å². The van der Waals surface area contributed by atoms with E-state index in [2.05, 4.69) is 33.5 Å². The number of piperidine rings is 1. The molecule has 0 radical (unpaired) electrons. The van der Waals surface area contributed by atoms with E-state index in [4.69, 9.17) is 0 Å². The fourth-order valence-corrected chi connectivity index (χ4v) is 3.50. The number of nitrogens with one attached hydrogen (secondary N) is 2. The Balaban J connectivity index is 1.90. The molecule has 1 aliphatic heterocycles. The Morgan fingerprint density at radius 2 is 2.29 bits per heavy atom. The van der Waals surface area contributed by atoms with Crippen LogP contribution < -0.4 is 10.6 Å². The molecule has 1 aromatic heterocycles. The molecule has 0 spiro atoms. The molecule has 0 aromatic carbocycles. The zero-order chi connectivity index (χ0) is 12.3. The van der Waals surface area contributed by atoms with Crippen LogP contribution >= 0.6 is 27.3 Å². The summed E-state index contributed by atoms with van der Waals surface area (Å²) in [6.07, 6.45) is 2.25. The molecular weight excluding hydrogens is 300 g/mol. The van der Waals surface area contributed by atoms with Gasteiger partial charge in [-0.25, -0.2) is 0 Å². The smallest absolute Gasteiger partial charge is 0.262 e. The van der Waals surface area contributed by atoms with Crippen molar-refractivity contribution in [2.45, 2.75) is 19.8 Å². The number of rotatable bonds is 3. The lowest BCUT2D eigenvalue weighted by molar-refractivity contribution is 0.0925. The number of hydrogen-bond acceptors (Lipinski definition) is 3. The van der Waals surface area contributed by atoms with E-state index in [0.29, 0.717) is 0 Å². The van der Waals surface area contributed by atoms with Crippen LogP contribution in [-0.2, 0) is 0 Å². The molecule has 0 bridgehead atoms. The van der Waals surface area contributed by atoms with Crippen molar-refractivity contribution in [1.29, 1.82) is 0 Å². The molecule has 2 heterocycles. The summed E-state index contributed by atoms with van der Waals surface area (Å²) in [5.74, 6) is 0.0339. The van der Waals surface area contributed by atoms with E-state index in [9.17, 15) is 4.79 Å². The van der Waals surface area contributed by atoms with E-state index in [1.54, 1.807) is 0 Å². The largest absolute Gasteiger partial charge is 0.351 e. The molecule has 0 unspecified atom stereocenters. The van der Waals surface area contributed by atoms with Crippen LogP contribution in [0.1, 0.15) is 29.4 Å². The summed E-state index contributed by atoms with van der Waals surface area (Å²) in [6, 6.07) is 1.91. The maximum absolute atomic E-state index is 12.0. The second kappa shape index (κ2) is 5.50. The molecule has 0 atom stereocenters. The molecule has 17 heavy (non-hydrogen) atoms. The molecule has 1 fully saturated rings. The Bertz CT molecular complexity index is 399. The molecule has 2 rings (SSSR count). The van der Waals surface area contributed by atoms with Gasteiger partial charge in [0.2, 0.25) is 0 Å². The summed E-state index contributed by atoms with van der Waals surface area (Å²) in [7, 11) is 0. The monoisotopic (exact) mass is 316 g/mol. The molecule has 1 aromatic rings. The van der Waals surface area contributed by atoms with Gasteiger partial charge in [0.1, 0.15) is 4.88 Å². The van der Waals surface area contributed by atoms with Crippen LogP contribution in [0.3, 0.4) is 0 Å². The second-order valence-corrected chi connectivity index (χ2v) is 6.61. The van der Waals surface area contributed by atoms with Gasteiger partial charge in [-0.3, -0.25) is 4.79 Å². The van der Waals surface area contributed by atoms with Crippen LogP contribution in [0.25, 0.3) is 0 Å². The Labute approximate surface area is 114 Å². The molecular formula is C12H17BrN2OS. The molecule has 1 aliphatic rings. The summed E-state index contributed by atoms with van der Waals surface area (Å²) in [5.41, 5.74) is 0.241. The summed E-state index contributed by atoms with van der Waals surface area (Å²) in [5, 5.41) is 8.32. The molecule has 0 saturated carbocycles. The summed E-state index contributed by atoms with van der Waals surface area (Å²) < 4.78 is 0.885. The van der Waals surface area contributed by atoms with Gasteiger partial charge in [-0.05, 0) is 58.7 Å². The highest BCUT2D eigenvalue weighted by molar-refractivity contribution is 9.10. The minimum absolute atomic E-state index is 0.0339. The second-order valence-electron chi connectivity index (χ2n) is 4.84. The number of carbonyl (C=O) groups excluding carboxylic acids is 1.